The first-order valence-corrected chi connectivity index (χ1v) is 8.50. The average Bonchev–Trinajstić information content (AvgIpc) is 2.93. The number of benzene rings is 1. The first-order valence-electron chi connectivity index (χ1n) is 7.24. The van der Waals surface area contributed by atoms with E-state index in [1.54, 1.807) is 30.3 Å². The van der Waals surface area contributed by atoms with E-state index in [2.05, 4.69) is 4.98 Å². The molecule has 0 unspecified atom stereocenters. The molecule has 0 saturated carbocycles. The lowest BCUT2D eigenvalue weighted by Gasteiger charge is -2.21. The fourth-order valence-corrected chi connectivity index (χ4v) is 3.00. The van der Waals surface area contributed by atoms with Crippen LogP contribution >= 0.6 is 23.4 Å². The van der Waals surface area contributed by atoms with Crippen molar-refractivity contribution in [1.82, 2.24) is 14.5 Å². The third-order valence-corrected chi connectivity index (χ3v) is 4.70. The van der Waals surface area contributed by atoms with E-state index in [0.717, 1.165) is 10.9 Å². The van der Waals surface area contributed by atoms with E-state index >= 15 is 0 Å². The molecule has 7 heteroatoms. The number of hydrogen-bond acceptors (Lipinski definition) is 4. The Balaban J connectivity index is 1.78. The number of carbonyl (C=O) groups is 1. The summed E-state index contributed by atoms with van der Waals surface area (Å²) in [6.45, 7) is 2.84. The van der Waals surface area contributed by atoms with Crippen LogP contribution in [-0.4, -0.2) is 45.8 Å². The van der Waals surface area contributed by atoms with E-state index in [0.29, 0.717) is 18.2 Å². The van der Waals surface area contributed by atoms with Crippen molar-refractivity contribution in [3.8, 4) is 5.75 Å². The van der Waals surface area contributed by atoms with Gasteiger partial charge in [0.2, 0.25) is 5.91 Å². The summed E-state index contributed by atoms with van der Waals surface area (Å²) >= 11 is 7.27. The van der Waals surface area contributed by atoms with E-state index < -0.39 is 0 Å². The van der Waals surface area contributed by atoms with Gasteiger partial charge < -0.3 is 14.2 Å². The van der Waals surface area contributed by atoms with Crippen molar-refractivity contribution in [2.75, 3.05) is 20.2 Å². The van der Waals surface area contributed by atoms with Crippen molar-refractivity contribution in [1.29, 1.82) is 0 Å². The monoisotopic (exact) mass is 353 g/mol. The SMILES string of the molecule is C[C@H](Sc1nccn1C)C(=O)N(C)CCOc1ccc(Cl)cc1. The van der Waals surface area contributed by atoms with E-state index in [9.17, 15) is 4.79 Å². The number of carbonyl (C=O) groups excluding carboxylic acids is 1. The molecule has 1 aromatic carbocycles. The van der Waals surface area contributed by atoms with Crippen molar-refractivity contribution < 1.29 is 9.53 Å². The summed E-state index contributed by atoms with van der Waals surface area (Å²) < 4.78 is 7.51. The number of hydrogen-bond donors (Lipinski definition) is 0. The Morgan fingerprint density at radius 1 is 1.43 bits per heavy atom. The summed E-state index contributed by atoms with van der Waals surface area (Å²) in [6.07, 6.45) is 3.59. The second-order valence-electron chi connectivity index (χ2n) is 5.14. The van der Waals surface area contributed by atoms with Crippen molar-refractivity contribution in [2.24, 2.45) is 7.05 Å². The number of nitrogens with zero attached hydrogens (tertiary/aromatic N) is 3. The zero-order valence-corrected chi connectivity index (χ0v) is 15.0. The lowest BCUT2D eigenvalue weighted by atomic mass is 10.3. The molecule has 5 nitrogen and oxygen atoms in total. The summed E-state index contributed by atoms with van der Waals surface area (Å²) in [4.78, 5) is 18.3. The molecule has 1 heterocycles. The summed E-state index contributed by atoms with van der Waals surface area (Å²) in [5.74, 6) is 0.795. The second-order valence-corrected chi connectivity index (χ2v) is 6.89. The Kier molecular flexibility index (Phi) is 6.36. The maximum absolute atomic E-state index is 12.4. The van der Waals surface area contributed by atoms with Crippen LogP contribution in [0.25, 0.3) is 0 Å². The van der Waals surface area contributed by atoms with E-state index in [4.69, 9.17) is 16.3 Å². The molecule has 0 N–H and O–H groups in total. The molecule has 0 spiro atoms. The number of rotatable bonds is 7. The highest BCUT2D eigenvalue weighted by Crippen LogP contribution is 2.22. The lowest BCUT2D eigenvalue weighted by molar-refractivity contribution is -0.129. The number of ether oxygens (including phenoxy) is 1. The van der Waals surface area contributed by atoms with Gasteiger partial charge in [0.25, 0.3) is 0 Å². The Labute approximate surface area is 145 Å². The molecule has 0 aliphatic carbocycles. The summed E-state index contributed by atoms with van der Waals surface area (Å²) in [7, 11) is 3.69. The first-order chi connectivity index (χ1) is 11.0. The van der Waals surface area contributed by atoms with Crippen LogP contribution in [-0.2, 0) is 11.8 Å². The van der Waals surface area contributed by atoms with Crippen LogP contribution in [0, 0.1) is 0 Å². The molecular weight excluding hydrogens is 334 g/mol. The van der Waals surface area contributed by atoms with Gasteiger partial charge in [-0.25, -0.2) is 4.98 Å². The molecule has 2 rings (SSSR count). The number of aromatic nitrogens is 2. The summed E-state index contributed by atoms with van der Waals surface area (Å²) in [5.41, 5.74) is 0. The van der Waals surface area contributed by atoms with Gasteiger partial charge in [-0.1, -0.05) is 23.4 Å². The van der Waals surface area contributed by atoms with Gasteiger partial charge in [0.15, 0.2) is 5.16 Å². The molecule has 0 aliphatic heterocycles. The minimum Gasteiger partial charge on any atom is -0.492 e. The number of thioether (sulfide) groups is 1. The molecule has 0 fully saturated rings. The van der Waals surface area contributed by atoms with Crippen LogP contribution in [0.15, 0.2) is 41.8 Å². The van der Waals surface area contributed by atoms with Gasteiger partial charge in [0.1, 0.15) is 12.4 Å². The third kappa shape index (κ3) is 5.18. The fourth-order valence-electron chi connectivity index (χ4n) is 1.93. The fraction of sp³-hybridized carbons (Fsp3) is 0.375. The zero-order chi connectivity index (χ0) is 16.8. The van der Waals surface area contributed by atoms with Crippen LogP contribution in [0.3, 0.4) is 0 Å². The molecule has 2 aromatic rings. The van der Waals surface area contributed by atoms with Crippen LogP contribution in [0.1, 0.15) is 6.92 Å². The van der Waals surface area contributed by atoms with Crippen LogP contribution in [0.4, 0.5) is 0 Å². The molecule has 0 radical (unpaired) electrons. The Morgan fingerprint density at radius 2 is 2.13 bits per heavy atom. The third-order valence-electron chi connectivity index (χ3n) is 3.29. The Bertz CT molecular complexity index is 645. The standard InChI is InChI=1S/C16H20ClN3O2S/c1-12(23-16-18-8-9-20(16)3)15(21)19(2)10-11-22-14-6-4-13(17)5-7-14/h4-9,12H,10-11H2,1-3H3/t12-/m0/s1. The molecule has 0 bridgehead atoms. The number of aryl methyl sites for hydroxylation is 1. The van der Waals surface area contributed by atoms with Gasteiger partial charge >= 0.3 is 0 Å². The smallest absolute Gasteiger partial charge is 0.235 e. The molecular formula is C16H20ClN3O2S. The van der Waals surface area contributed by atoms with E-state index in [1.807, 2.05) is 36.9 Å². The van der Waals surface area contributed by atoms with E-state index in [-0.39, 0.29) is 11.2 Å². The van der Waals surface area contributed by atoms with Crippen LogP contribution in [0.5, 0.6) is 5.75 Å². The quantitative estimate of drug-likeness (QED) is 0.718. The van der Waals surface area contributed by atoms with E-state index in [1.165, 1.54) is 11.8 Å². The Morgan fingerprint density at radius 3 is 2.74 bits per heavy atom. The number of amides is 1. The van der Waals surface area contributed by atoms with Crippen LogP contribution < -0.4 is 4.74 Å². The highest BCUT2D eigenvalue weighted by atomic mass is 35.5. The Hall–Kier alpha value is -1.66. The number of imidazole rings is 1. The molecule has 1 atom stereocenters. The lowest BCUT2D eigenvalue weighted by Crippen LogP contribution is -2.36. The first kappa shape index (κ1) is 17.7. The van der Waals surface area contributed by atoms with Crippen molar-refractivity contribution in [2.45, 2.75) is 17.3 Å². The molecule has 124 valence electrons. The van der Waals surface area contributed by atoms with Gasteiger partial charge in [0.05, 0.1) is 11.8 Å². The van der Waals surface area contributed by atoms with Crippen molar-refractivity contribution >= 4 is 29.3 Å². The minimum absolute atomic E-state index is 0.0534. The number of likely N-dealkylation sites (N-methyl/N-ethyl adjacent to an activating group) is 1. The van der Waals surface area contributed by atoms with Gasteiger partial charge in [-0.3, -0.25) is 4.79 Å². The van der Waals surface area contributed by atoms with Crippen molar-refractivity contribution in [3.05, 3.63) is 41.7 Å². The number of halogens is 1. The highest BCUT2D eigenvalue weighted by Gasteiger charge is 2.20. The molecule has 0 aliphatic rings. The topological polar surface area (TPSA) is 47.4 Å². The highest BCUT2D eigenvalue weighted by molar-refractivity contribution is 8.00. The summed E-state index contributed by atoms with van der Waals surface area (Å²) in [6, 6.07) is 7.17. The molecule has 23 heavy (non-hydrogen) atoms. The maximum atomic E-state index is 12.4. The van der Waals surface area contributed by atoms with Gasteiger partial charge in [-0.15, -0.1) is 0 Å². The van der Waals surface area contributed by atoms with Crippen LogP contribution in [0.2, 0.25) is 5.02 Å². The van der Waals surface area contributed by atoms with Gasteiger partial charge in [0, 0.05) is 31.5 Å². The second kappa shape index (κ2) is 8.26. The largest absolute Gasteiger partial charge is 0.492 e. The zero-order valence-electron chi connectivity index (χ0n) is 13.4. The van der Waals surface area contributed by atoms with Crippen molar-refractivity contribution in [3.63, 3.8) is 0 Å². The average molecular weight is 354 g/mol. The molecule has 1 amide bonds. The van der Waals surface area contributed by atoms with Gasteiger partial charge in [-0.05, 0) is 31.2 Å². The summed E-state index contributed by atoms with van der Waals surface area (Å²) in [5, 5.41) is 1.30. The maximum Gasteiger partial charge on any atom is 0.235 e. The molecule has 1 aromatic heterocycles. The molecule has 0 saturated heterocycles. The normalized spacial score (nSPS) is 12.0. The minimum atomic E-state index is -0.198. The van der Waals surface area contributed by atoms with Gasteiger partial charge in [-0.2, -0.15) is 0 Å². The predicted octanol–water partition coefficient (Wildman–Crippen LogP) is 3.09. The predicted molar refractivity (Wildman–Crippen MR) is 93.1 cm³/mol.